The Morgan fingerprint density at radius 3 is 2.03 bits per heavy atom. The second-order valence-electron chi connectivity index (χ2n) is 6.71. The third-order valence-corrected chi connectivity index (χ3v) is 4.26. The van der Waals surface area contributed by atoms with E-state index in [1.54, 1.807) is 12.1 Å². The Balaban J connectivity index is 1.67. The molecule has 0 atom stereocenters. The first kappa shape index (κ1) is 23.0. The molecule has 0 saturated heterocycles. The lowest BCUT2D eigenvalue weighted by atomic mass is 9.96. The monoisotopic (exact) mass is 455 g/mol. The first-order chi connectivity index (χ1) is 14.9. The Bertz CT molecular complexity index is 1050. The Hall–Kier alpha value is -3.63. The van der Waals surface area contributed by atoms with Gasteiger partial charge < -0.3 is 10.1 Å². The minimum atomic E-state index is -5.51. The number of anilines is 1. The zero-order chi connectivity index (χ0) is 23.5. The molecule has 0 aliphatic carbocycles. The van der Waals surface area contributed by atoms with Crippen LogP contribution in [0.3, 0.4) is 0 Å². The molecule has 3 aromatic rings. The van der Waals surface area contributed by atoms with Crippen LogP contribution in [0.5, 0.6) is 11.6 Å². The van der Waals surface area contributed by atoms with Crippen LogP contribution < -0.4 is 10.1 Å². The highest BCUT2D eigenvalue weighted by Gasteiger charge is 2.57. The van der Waals surface area contributed by atoms with Crippen molar-refractivity contribution in [1.29, 1.82) is 0 Å². The van der Waals surface area contributed by atoms with Crippen molar-refractivity contribution in [3.05, 3.63) is 77.7 Å². The second kappa shape index (κ2) is 8.85. The van der Waals surface area contributed by atoms with E-state index in [-0.39, 0.29) is 17.1 Å². The number of nitrogens with zero attached hydrogens (tertiary/aromatic N) is 2. The number of rotatable bonds is 5. The lowest BCUT2D eigenvalue weighted by Gasteiger charge is -2.23. The molecule has 2 heterocycles. The molecule has 168 valence electrons. The van der Waals surface area contributed by atoms with Crippen LogP contribution in [0, 0.1) is 6.92 Å². The minimum absolute atomic E-state index is 0.122. The van der Waals surface area contributed by atoms with E-state index in [9.17, 15) is 31.1 Å². The van der Waals surface area contributed by atoms with E-state index in [1.807, 2.05) is 6.92 Å². The summed E-state index contributed by atoms with van der Waals surface area (Å²) in [7, 11) is 0. The number of alkyl halides is 6. The van der Waals surface area contributed by atoms with Crippen LogP contribution in [-0.2, 0) is 0 Å². The van der Waals surface area contributed by atoms with Gasteiger partial charge in [0.15, 0.2) is 5.92 Å². The highest BCUT2D eigenvalue weighted by atomic mass is 19.4. The summed E-state index contributed by atoms with van der Waals surface area (Å²) in [5.41, 5.74) is -0.0705. The molecule has 2 aromatic heterocycles. The van der Waals surface area contributed by atoms with Gasteiger partial charge in [-0.05, 0) is 42.8 Å². The van der Waals surface area contributed by atoms with Crippen LogP contribution in [0.2, 0.25) is 0 Å². The number of carbonyl (C=O) groups excluding carboxylic acids is 1. The number of aryl methyl sites for hydroxylation is 1. The van der Waals surface area contributed by atoms with Gasteiger partial charge in [0, 0.05) is 17.3 Å². The van der Waals surface area contributed by atoms with Gasteiger partial charge in [0.25, 0.3) is 5.91 Å². The summed E-state index contributed by atoms with van der Waals surface area (Å²) in [5.74, 6) is -3.68. The van der Waals surface area contributed by atoms with Crippen LogP contribution in [0.25, 0.3) is 0 Å². The standard InChI is InChI=1S/C21H15F6N3O2/c1-12-2-8-16(11-28-12)32-17-9-7-15(10-29-17)30-19(31)14-5-3-13(4-6-14)18(20(22,23)24)21(25,26)27/h2-11,18H,1H3,(H,30,31). The largest absolute Gasteiger partial charge is 0.437 e. The molecule has 1 aromatic carbocycles. The maximum Gasteiger partial charge on any atom is 0.404 e. The van der Waals surface area contributed by atoms with Crippen LogP contribution in [0.15, 0.2) is 60.9 Å². The van der Waals surface area contributed by atoms with Crippen LogP contribution >= 0.6 is 0 Å². The zero-order valence-electron chi connectivity index (χ0n) is 16.3. The Morgan fingerprint density at radius 2 is 1.53 bits per heavy atom. The molecular formula is C21H15F6N3O2. The molecule has 5 nitrogen and oxygen atoms in total. The number of amides is 1. The number of hydrogen-bond acceptors (Lipinski definition) is 4. The smallest absolute Gasteiger partial charge is 0.404 e. The predicted molar refractivity (Wildman–Crippen MR) is 103 cm³/mol. The summed E-state index contributed by atoms with van der Waals surface area (Å²) >= 11 is 0. The average molecular weight is 455 g/mol. The number of nitrogens with one attached hydrogen (secondary N) is 1. The van der Waals surface area contributed by atoms with Crippen LogP contribution in [0.1, 0.15) is 27.5 Å². The molecule has 3 rings (SSSR count). The molecule has 0 fully saturated rings. The molecular weight excluding hydrogens is 440 g/mol. The number of aromatic nitrogens is 2. The topological polar surface area (TPSA) is 64.1 Å². The van der Waals surface area contributed by atoms with Crippen molar-refractivity contribution >= 4 is 11.6 Å². The number of benzene rings is 1. The second-order valence-corrected chi connectivity index (χ2v) is 6.71. The third kappa shape index (κ3) is 5.74. The lowest BCUT2D eigenvalue weighted by Crippen LogP contribution is -2.34. The van der Waals surface area contributed by atoms with E-state index in [0.29, 0.717) is 17.9 Å². The van der Waals surface area contributed by atoms with Crippen LogP contribution in [0.4, 0.5) is 32.0 Å². The summed E-state index contributed by atoms with van der Waals surface area (Å²) in [4.78, 5) is 20.4. The number of pyridine rings is 2. The van der Waals surface area contributed by atoms with Gasteiger partial charge in [-0.3, -0.25) is 9.78 Å². The SMILES string of the molecule is Cc1ccc(Oc2ccc(NC(=O)c3ccc(C(C(F)(F)F)C(F)(F)F)cc3)cn2)cn1. The molecule has 0 saturated carbocycles. The fourth-order valence-corrected chi connectivity index (χ4v) is 2.74. The van der Waals surface area contributed by atoms with E-state index >= 15 is 0 Å². The van der Waals surface area contributed by atoms with Crippen LogP contribution in [-0.4, -0.2) is 28.2 Å². The summed E-state index contributed by atoms with van der Waals surface area (Å²) in [6, 6.07) is 9.44. The van der Waals surface area contributed by atoms with Gasteiger partial charge in [-0.1, -0.05) is 12.1 Å². The molecule has 0 radical (unpaired) electrons. The molecule has 11 heteroatoms. The number of halogens is 6. The van der Waals surface area contributed by atoms with Gasteiger partial charge in [-0.15, -0.1) is 0 Å². The van der Waals surface area contributed by atoms with E-state index < -0.39 is 29.7 Å². The molecule has 0 aliphatic heterocycles. The quantitative estimate of drug-likeness (QED) is 0.477. The van der Waals surface area contributed by atoms with E-state index in [1.165, 1.54) is 24.5 Å². The van der Waals surface area contributed by atoms with E-state index in [2.05, 4.69) is 15.3 Å². The maximum absolute atomic E-state index is 12.8. The molecule has 0 spiro atoms. The molecule has 0 aliphatic rings. The number of carbonyl (C=O) groups is 1. The fraction of sp³-hybridized carbons (Fsp3) is 0.190. The van der Waals surface area contributed by atoms with Gasteiger partial charge in [0.05, 0.1) is 18.1 Å². The average Bonchev–Trinajstić information content (AvgIpc) is 2.69. The van der Waals surface area contributed by atoms with Crippen molar-refractivity contribution in [2.24, 2.45) is 0 Å². The van der Waals surface area contributed by atoms with Crippen molar-refractivity contribution in [1.82, 2.24) is 9.97 Å². The van der Waals surface area contributed by atoms with Gasteiger partial charge in [-0.25, -0.2) is 4.98 Å². The Labute approximate surface area is 178 Å². The van der Waals surface area contributed by atoms with Crippen molar-refractivity contribution in [3.63, 3.8) is 0 Å². The lowest BCUT2D eigenvalue weighted by molar-refractivity contribution is -0.253. The number of hydrogen-bond donors (Lipinski definition) is 1. The van der Waals surface area contributed by atoms with Crippen molar-refractivity contribution in [3.8, 4) is 11.6 Å². The zero-order valence-corrected chi connectivity index (χ0v) is 16.3. The van der Waals surface area contributed by atoms with Gasteiger partial charge >= 0.3 is 12.4 Å². The fourth-order valence-electron chi connectivity index (χ4n) is 2.74. The molecule has 0 unspecified atom stereocenters. The molecule has 0 bridgehead atoms. The first-order valence-corrected chi connectivity index (χ1v) is 9.05. The normalized spacial score (nSPS) is 12.0. The van der Waals surface area contributed by atoms with Gasteiger partial charge in [0.1, 0.15) is 5.75 Å². The summed E-state index contributed by atoms with van der Waals surface area (Å²) < 4.78 is 82.4. The minimum Gasteiger partial charge on any atom is -0.437 e. The first-order valence-electron chi connectivity index (χ1n) is 9.05. The Morgan fingerprint density at radius 1 is 0.875 bits per heavy atom. The highest BCUT2D eigenvalue weighted by Crippen LogP contribution is 2.46. The van der Waals surface area contributed by atoms with Crippen molar-refractivity contribution in [2.45, 2.75) is 25.2 Å². The van der Waals surface area contributed by atoms with Crippen molar-refractivity contribution < 1.29 is 35.9 Å². The van der Waals surface area contributed by atoms with Crippen molar-refractivity contribution in [2.75, 3.05) is 5.32 Å². The molecule has 1 amide bonds. The maximum atomic E-state index is 12.8. The molecule has 32 heavy (non-hydrogen) atoms. The van der Waals surface area contributed by atoms with E-state index in [4.69, 9.17) is 4.74 Å². The number of ether oxygens (including phenoxy) is 1. The van der Waals surface area contributed by atoms with Gasteiger partial charge in [0.2, 0.25) is 5.88 Å². The summed E-state index contributed by atoms with van der Waals surface area (Å²) in [6.07, 6.45) is -8.22. The third-order valence-electron chi connectivity index (χ3n) is 4.26. The summed E-state index contributed by atoms with van der Waals surface area (Å²) in [5, 5.41) is 2.45. The molecule has 1 N–H and O–H groups in total. The van der Waals surface area contributed by atoms with E-state index in [0.717, 1.165) is 17.8 Å². The van der Waals surface area contributed by atoms with Gasteiger partial charge in [-0.2, -0.15) is 26.3 Å². The highest BCUT2D eigenvalue weighted by molar-refractivity contribution is 6.04. The Kier molecular flexibility index (Phi) is 6.37. The predicted octanol–water partition coefficient (Wildman–Crippen LogP) is 6.04. The summed E-state index contributed by atoms with van der Waals surface area (Å²) in [6.45, 7) is 1.82.